The lowest BCUT2D eigenvalue weighted by molar-refractivity contribution is 0.742. The Morgan fingerprint density at radius 1 is 1.10 bits per heavy atom. The first kappa shape index (κ1) is 15.1. The first-order chi connectivity index (χ1) is 10.0. The Balaban J connectivity index is 2.12. The molecule has 1 heterocycles. The van der Waals surface area contributed by atoms with Crippen LogP contribution in [0.2, 0.25) is 0 Å². The second kappa shape index (κ2) is 6.11. The lowest BCUT2D eigenvalue weighted by Gasteiger charge is -2.11. The minimum absolute atomic E-state index is 0.133. The highest BCUT2D eigenvalue weighted by atomic mass is 79.9. The van der Waals surface area contributed by atoms with Crippen molar-refractivity contribution in [2.45, 2.75) is 18.8 Å². The third-order valence-corrected chi connectivity index (χ3v) is 4.57. The van der Waals surface area contributed by atoms with E-state index in [1.165, 1.54) is 5.56 Å². The van der Waals surface area contributed by atoms with Crippen molar-refractivity contribution in [1.29, 1.82) is 0 Å². The molecular formula is C16H13Br2ClN2. The lowest BCUT2D eigenvalue weighted by atomic mass is 10.2. The summed E-state index contributed by atoms with van der Waals surface area (Å²) in [7, 11) is 0. The van der Waals surface area contributed by atoms with Gasteiger partial charge in [0.25, 0.3) is 0 Å². The summed E-state index contributed by atoms with van der Waals surface area (Å²) in [5.41, 5.74) is 3.28. The van der Waals surface area contributed by atoms with Gasteiger partial charge in [-0.25, -0.2) is 4.98 Å². The van der Waals surface area contributed by atoms with E-state index in [1.807, 2.05) is 31.2 Å². The van der Waals surface area contributed by atoms with Crippen molar-refractivity contribution in [2.75, 3.05) is 0 Å². The van der Waals surface area contributed by atoms with Gasteiger partial charge in [0.05, 0.1) is 16.4 Å². The monoisotopic (exact) mass is 426 g/mol. The van der Waals surface area contributed by atoms with Crippen molar-refractivity contribution < 1.29 is 0 Å². The summed E-state index contributed by atoms with van der Waals surface area (Å²) in [4.78, 5) is 4.67. The molecule has 1 atom stereocenters. The van der Waals surface area contributed by atoms with Gasteiger partial charge in [-0.3, -0.25) is 0 Å². The molecule has 1 unspecified atom stereocenters. The molecular weight excluding hydrogens is 415 g/mol. The van der Waals surface area contributed by atoms with Gasteiger partial charge < -0.3 is 4.57 Å². The van der Waals surface area contributed by atoms with Crippen LogP contribution in [0.3, 0.4) is 0 Å². The molecule has 0 radical (unpaired) electrons. The normalized spacial score (nSPS) is 12.8. The largest absolute Gasteiger partial charge is 0.322 e. The maximum atomic E-state index is 6.31. The summed E-state index contributed by atoms with van der Waals surface area (Å²) in [6, 6.07) is 14.4. The van der Waals surface area contributed by atoms with E-state index < -0.39 is 0 Å². The first-order valence-corrected chi connectivity index (χ1v) is 8.61. The van der Waals surface area contributed by atoms with Crippen molar-refractivity contribution in [3.8, 4) is 0 Å². The van der Waals surface area contributed by atoms with E-state index in [2.05, 4.69) is 59.6 Å². The Labute approximate surface area is 145 Å². The number of halogens is 3. The number of hydrogen-bond acceptors (Lipinski definition) is 1. The second-order valence-corrected chi connectivity index (χ2v) is 7.42. The second-order valence-electron chi connectivity index (χ2n) is 4.93. The molecule has 2 aromatic carbocycles. The van der Waals surface area contributed by atoms with Crippen LogP contribution < -0.4 is 0 Å². The molecule has 0 amide bonds. The van der Waals surface area contributed by atoms with E-state index in [1.54, 1.807) is 0 Å². The van der Waals surface area contributed by atoms with E-state index in [4.69, 9.17) is 11.6 Å². The van der Waals surface area contributed by atoms with Crippen molar-refractivity contribution >= 4 is 54.5 Å². The van der Waals surface area contributed by atoms with E-state index >= 15 is 0 Å². The maximum Gasteiger partial charge on any atom is 0.128 e. The van der Waals surface area contributed by atoms with Gasteiger partial charge in [-0.05, 0) is 42.8 Å². The average Bonchev–Trinajstić information content (AvgIpc) is 2.80. The molecule has 0 saturated carbocycles. The van der Waals surface area contributed by atoms with Gasteiger partial charge >= 0.3 is 0 Å². The molecule has 5 heteroatoms. The van der Waals surface area contributed by atoms with E-state index in [0.29, 0.717) is 0 Å². The minimum Gasteiger partial charge on any atom is -0.322 e. The third kappa shape index (κ3) is 3.17. The van der Waals surface area contributed by atoms with E-state index in [9.17, 15) is 0 Å². The van der Waals surface area contributed by atoms with Gasteiger partial charge in [0.2, 0.25) is 0 Å². The van der Waals surface area contributed by atoms with Crippen LogP contribution in [-0.4, -0.2) is 9.55 Å². The highest BCUT2D eigenvalue weighted by molar-refractivity contribution is 9.10. The number of imidazole rings is 1. The molecule has 2 nitrogen and oxygen atoms in total. The van der Waals surface area contributed by atoms with Crippen LogP contribution in [0.1, 0.15) is 23.7 Å². The van der Waals surface area contributed by atoms with Crippen LogP contribution in [0.25, 0.3) is 11.0 Å². The quantitative estimate of drug-likeness (QED) is 0.474. The van der Waals surface area contributed by atoms with Gasteiger partial charge in [0, 0.05) is 15.5 Å². The molecule has 108 valence electrons. The molecule has 0 spiro atoms. The standard InChI is InChI=1S/C16H13Br2ClN2/c1-10(19)16-20-14-7-6-13(18)8-15(14)21(16)9-11-2-4-12(17)5-3-11/h2-8,10H,9H2,1H3. The zero-order chi connectivity index (χ0) is 15.0. The predicted molar refractivity (Wildman–Crippen MR) is 94.9 cm³/mol. The van der Waals surface area contributed by atoms with Crippen LogP contribution in [0.4, 0.5) is 0 Å². The lowest BCUT2D eigenvalue weighted by Crippen LogP contribution is -2.05. The number of fused-ring (bicyclic) bond motifs is 1. The minimum atomic E-state index is -0.133. The van der Waals surface area contributed by atoms with Crippen LogP contribution in [0.15, 0.2) is 51.4 Å². The molecule has 1 aromatic heterocycles. The number of nitrogens with zero attached hydrogens (tertiary/aromatic N) is 2. The fraction of sp³-hybridized carbons (Fsp3) is 0.188. The fourth-order valence-corrected chi connectivity index (χ4v) is 3.14. The van der Waals surface area contributed by atoms with Crippen LogP contribution >= 0.6 is 43.5 Å². The Morgan fingerprint density at radius 3 is 2.43 bits per heavy atom. The third-order valence-electron chi connectivity index (χ3n) is 3.35. The summed E-state index contributed by atoms with van der Waals surface area (Å²) in [6.07, 6.45) is 0. The number of aromatic nitrogens is 2. The molecule has 0 bridgehead atoms. The van der Waals surface area contributed by atoms with Gasteiger partial charge in [-0.1, -0.05) is 44.0 Å². The zero-order valence-electron chi connectivity index (χ0n) is 11.4. The van der Waals surface area contributed by atoms with Crippen LogP contribution in [0, 0.1) is 0 Å². The maximum absolute atomic E-state index is 6.31. The molecule has 0 fully saturated rings. The predicted octanol–water partition coefficient (Wildman–Crippen LogP) is 5.91. The number of benzene rings is 2. The Bertz CT molecular complexity index is 779. The molecule has 0 saturated heterocycles. The van der Waals surface area contributed by atoms with Crippen molar-refractivity contribution in [3.63, 3.8) is 0 Å². The summed E-state index contributed by atoms with van der Waals surface area (Å²) in [5.74, 6) is 0.896. The summed E-state index contributed by atoms with van der Waals surface area (Å²) >= 11 is 13.3. The van der Waals surface area contributed by atoms with Gasteiger partial charge in [0.1, 0.15) is 5.82 Å². The van der Waals surface area contributed by atoms with Gasteiger partial charge in [-0.2, -0.15) is 0 Å². The number of alkyl halides is 1. The van der Waals surface area contributed by atoms with Gasteiger partial charge in [0.15, 0.2) is 0 Å². The molecule has 0 aliphatic heterocycles. The van der Waals surface area contributed by atoms with Crippen LogP contribution in [-0.2, 0) is 6.54 Å². The number of rotatable bonds is 3. The molecule has 3 rings (SSSR count). The summed E-state index contributed by atoms with van der Waals surface area (Å²) in [6.45, 7) is 2.71. The van der Waals surface area contributed by atoms with E-state index in [-0.39, 0.29) is 5.38 Å². The SMILES string of the molecule is CC(Cl)c1nc2ccc(Br)cc2n1Cc1ccc(Br)cc1. The highest BCUT2D eigenvalue weighted by Crippen LogP contribution is 2.27. The number of hydrogen-bond donors (Lipinski definition) is 0. The molecule has 0 aliphatic rings. The van der Waals surface area contributed by atoms with Crippen molar-refractivity contribution in [2.24, 2.45) is 0 Å². The Kier molecular flexibility index (Phi) is 4.38. The average molecular weight is 429 g/mol. The molecule has 0 aliphatic carbocycles. The van der Waals surface area contributed by atoms with Crippen molar-refractivity contribution in [1.82, 2.24) is 9.55 Å². The zero-order valence-corrected chi connectivity index (χ0v) is 15.3. The Hall–Kier alpha value is -0.840. The first-order valence-electron chi connectivity index (χ1n) is 6.59. The molecule has 0 N–H and O–H groups in total. The molecule has 3 aromatic rings. The smallest absolute Gasteiger partial charge is 0.128 e. The Morgan fingerprint density at radius 2 is 1.76 bits per heavy atom. The highest BCUT2D eigenvalue weighted by Gasteiger charge is 2.15. The fourth-order valence-electron chi connectivity index (χ4n) is 2.36. The van der Waals surface area contributed by atoms with Gasteiger partial charge in [-0.15, -0.1) is 11.6 Å². The summed E-state index contributed by atoms with van der Waals surface area (Å²) < 4.78 is 4.30. The summed E-state index contributed by atoms with van der Waals surface area (Å²) in [5, 5.41) is -0.133. The topological polar surface area (TPSA) is 17.8 Å². The van der Waals surface area contributed by atoms with Crippen LogP contribution in [0.5, 0.6) is 0 Å². The van der Waals surface area contributed by atoms with E-state index in [0.717, 1.165) is 32.3 Å². The van der Waals surface area contributed by atoms with Crippen molar-refractivity contribution in [3.05, 3.63) is 62.8 Å². The molecule has 21 heavy (non-hydrogen) atoms.